The van der Waals surface area contributed by atoms with Crippen LogP contribution in [0.3, 0.4) is 0 Å². The number of hydrogen-bond acceptors (Lipinski definition) is 2. The quantitative estimate of drug-likeness (QED) is 0.567. The molecule has 0 amide bonds. The van der Waals surface area contributed by atoms with Gasteiger partial charge in [0.05, 0.1) is 5.76 Å². The van der Waals surface area contributed by atoms with Gasteiger partial charge in [0, 0.05) is 10.5 Å². The molecule has 0 aliphatic carbocycles. The van der Waals surface area contributed by atoms with E-state index in [1.165, 1.54) is 0 Å². The highest BCUT2D eigenvalue weighted by molar-refractivity contribution is 8.01. The van der Waals surface area contributed by atoms with Gasteiger partial charge >= 0.3 is 0 Å². The molecule has 1 nitrogen and oxygen atoms in total. The molecule has 2 aliphatic rings. The Bertz CT molecular complexity index is 276. The molecular formula is C10H12OS. The van der Waals surface area contributed by atoms with Crippen molar-refractivity contribution in [2.75, 3.05) is 0 Å². The highest BCUT2D eigenvalue weighted by Gasteiger charge is 2.17. The van der Waals surface area contributed by atoms with Crippen LogP contribution in [-0.2, 0) is 4.74 Å². The molecule has 0 N–H and O–H groups in total. The maximum Gasteiger partial charge on any atom is 0.124 e. The van der Waals surface area contributed by atoms with Crippen molar-refractivity contribution in [3.8, 4) is 0 Å². The summed E-state index contributed by atoms with van der Waals surface area (Å²) in [4.78, 5) is 0. The van der Waals surface area contributed by atoms with E-state index < -0.39 is 0 Å². The Kier molecular flexibility index (Phi) is 2.01. The largest absolute Gasteiger partial charge is 0.463 e. The Labute approximate surface area is 77.2 Å². The molecule has 0 aromatic carbocycles. The van der Waals surface area contributed by atoms with Gasteiger partial charge in [-0.25, -0.2) is 0 Å². The van der Waals surface area contributed by atoms with Gasteiger partial charge in [-0.05, 0) is 32.1 Å². The van der Waals surface area contributed by atoms with Crippen molar-refractivity contribution < 1.29 is 4.74 Å². The first-order chi connectivity index (χ1) is 5.74. The van der Waals surface area contributed by atoms with Gasteiger partial charge in [0.15, 0.2) is 0 Å². The molecule has 0 spiro atoms. The first-order valence-corrected chi connectivity index (χ1v) is 5.10. The molecule has 0 fully saturated rings. The van der Waals surface area contributed by atoms with E-state index in [9.17, 15) is 0 Å². The average Bonchev–Trinajstić information content (AvgIpc) is 2.10. The molecule has 2 heterocycles. The Balaban J connectivity index is 2.26. The molecule has 2 atom stereocenters. The molecule has 0 aromatic rings. The minimum absolute atomic E-state index is 0.499. The lowest BCUT2D eigenvalue weighted by Gasteiger charge is -2.16. The molecule has 2 rings (SSSR count). The lowest BCUT2D eigenvalue weighted by Crippen LogP contribution is -2.05. The average molecular weight is 180 g/mol. The standard InChI is InChI=1S/C10H12OS/c1-7-5-10-6-9(11-7)4-3-8(2)12-10/h3-6,8,10H,1-2H3. The highest BCUT2D eigenvalue weighted by atomic mass is 32.2. The second-order valence-corrected chi connectivity index (χ2v) is 4.67. The molecular weight excluding hydrogens is 168 g/mol. The van der Waals surface area contributed by atoms with Crippen LogP contribution >= 0.6 is 11.8 Å². The van der Waals surface area contributed by atoms with E-state index in [4.69, 9.17) is 4.74 Å². The van der Waals surface area contributed by atoms with Crippen LogP contribution in [0.4, 0.5) is 0 Å². The van der Waals surface area contributed by atoms with Gasteiger partial charge in [-0.2, -0.15) is 0 Å². The molecule has 2 unspecified atom stereocenters. The first-order valence-electron chi connectivity index (χ1n) is 4.16. The van der Waals surface area contributed by atoms with Crippen LogP contribution in [0.2, 0.25) is 0 Å². The van der Waals surface area contributed by atoms with Crippen LogP contribution in [0.25, 0.3) is 0 Å². The van der Waals surface area contributed by atoms with E-state index in [2.05, 4.69) is 31.2 Å². The van der Waals surface area contributed by atoms with Crippen LogP contribution in [0, 0.1) is 0 Å². The predicted octanol–water partition coefficient (Wildman–Crippen LogP) is 2.86. The number of ether oxygens (including phenoxy) is 1. The van der Waals surface area contributed by atoms with Gasteiger partial charge in [0.1, 0.15) is 5.76 Å². The fraction of sp³-hybridized carbons (Fsp3) is 0.400. The molecule has 12 heavy (non-hydrogen) atoms. The van der Waals surface area contributed by atoms with Crippen molar-refractivity contribution >= 4 is 11.8 Å². The van der Waals surface area contributed by atoms with Crippen molar-refractivity contribution in [3.05, 3.63) is 35.8 Å². The smallest absolute Gasteiger partial charge is 0.124 e. The Hall–Kier alpha value is -0.630. The van der Waals surface area contributed by atoms with Crippen LogP contribution in [0.5, 0.6) is 0 Å². The van der Waals surface area contributed by atoms with Crippen LogP contribution in [-0.4, -0.2) is 10.5 Å². The third-order valence-corrected chi connectivity index (χ3v) is 3.08. The fourth-order valence-electron chi connectivity index (χ4n) is 1.39. The summed E-state index contributed by atoms with van der Waals surface area (Å²) in [7, 11) is 0. The highest BCUT2D eigenvalue weighted by Crippen LogP contribution is 2.30. The SMILES string of the molecule is CC1=CC2C=C(C=CC(C)S2)O1. The van der Waals surface area contributed by atoms with Gasteiger partial charge in [0.25, 0.3) is 0 Å². The minimum atomic E-state index is 0.499. The maximum atomic E-state index is 5.51. The van der Waals surface area contributed by atoms with Gasteiger partial charge in [-0.1, -0.05) is 6.08 Å². The van der Waals surface area contributed by atoms with E-state index in [1.54, 1.807) is 0 Å². The van der Waals surface area contributed by atoms with E-state index >= 15 is 0 Å². The lowest BCUT2D eigenvalue weighted by atomic mass is 10.2. The van der Waals surface area contributed by atoms with E-state index in [0.717, 1.165) is 11.5 Å². The summed E-state index contributed by atoms with van der Waals surface area (Å²) in [6.45, 7) is 4.21. The van der Waals surface area contributed by atoms with Crippen LogP contribution in [0.1, 0.15) is 13.8 Å². The van der Waals surface area contributed by atoms with Crippen molar-refractivity contribution in [1.29, 1.82) is 0 Å². The van der Waals surface area contributed by atoms with Crippen molar-refractivity contribution in [1.82, 2.24) is 0 Å². The normalized spacial score (nSPS) is 33.2. The van der Waals surface area contributed by atoms with E-state index in [1.807, 2.05) is 18.7 Å². The predicted molar refractivity (Wildman–Crippen MR) is 52.9 cm³/mol. The summed E-state index contributed by atoms with van der Waals surface area (Å²) in [5.74, 6) is 2.01. The van der Waals surface area contributed by atoms with Gasteiger partial charge < -0.3 is 4.74 Å². The minimum Gasteiger partial charge on any atom is -0.463 e. The second-order valence-electron chi connectivity index (χ2n) is 3.11. The first kappa shape index (κ1) is 7.99. The Morgan fingerprint density at radius 3 is 3.08 bits per heavy atom. The number of allylic oxidation sites excluding steroid dienone is 2. The lowest BCUT2D eigenvalue weighted by molar-refractivity contribution is 0.314. The summed E-state index contributed by atoms with van der Waals surface area (Å²) in [5.41, 5.74) is 0. The summed E-state index contributed by atoms with van der Waals surface area (Å²) in [6, 6.07) is 0. The van der Waals surface area contributed by atoms with Crippen molar-refractivity contribution in [2.45, 2.75) is 24.3 Å². The third-order valence-electron chi connectivity index (χ3n) is 1.91. The molecule has 0 aromatic heterocycles. The zero-order valence-electron chi connectivity index (χ0n) is 7.28. The third kappa shape index (κ3) is 1.58. The van der Waals surface area contributed by atoms with Gasteiger partial charge in [0.2, 0.25) is 0 Å². The Morgan fingerprint density at radius 1 is 1.42 bits per heavy atom. The summed E-state index contributed by atoms with van der Waals surface area (Å²) >= 11 is 1.95. The van der Waals surface area contributed by atoms with Crippen molar-refractivity contribution in [3.63, 3.8) is 0 Å². The van der Waals surface area contributed by atoms with Crippen molar-refractivity contribution in [2.24, 2.45) is 0 Å². The number of fused-ring (bicyclic) bond motifs is 1. The van der Waals surface area contributed by atoms with Crippen LogP contribution in [0.15, 0.2) is 35.8 Å². The molecule has 0 radical (unpaired) electrons. The molecule has 0 saturated carbocycles. The zero-order valence-corrected chi connectivity index (χ0v) is 8.10. The molecule has 0 saturated heterocycles. The summed E-state index contributed by atoms with van der Waals surface area (Å²) < 4.78 is 5.51. The topological polar surface area (TPSA) is 9.23 Å². The fourth-order valence-corrected chi connectivity index (χ4v) is 2.53. The number of thioether (sulfide) groups is 1. The summed E-state index contributed by atoms with van der Waals surface area (Å²) in [6.07, 6.45) is 8.58. The second kappa shape index (κ2) is 3.02. The Morgan fingerprint density at radius 2 is 2.25 bits per heavy atom. The van der Waals surface area contributed by atoms with E-state index in [-0.39, 0.29) is 0 Å². The number of hydrogen-bond donors (Lipinski definition) is 0. The van der Waals surface area contributed by atoms with Crippen LogP contribution < -0.4 is 0 Å². The summed E-state index contributed by atoms with van der Waals surface area (Å²) in [5, 5.41) is 1.08. The molecule has 2 bridgehead atoms. The monoisotopic (exact) mass is 180 g/mol. The molecule has 2 heteroatoms. The maximum absolute atomic E-state index is 5.51. The van der Waals surface area contributed by atoms with Gasteiger partial charge in [-0.15, -0.1) is 11.8 Å². The van der Waals surface area contributed by atoms with E-state index in [0.29, 0.717) is 10.5 Å². The van der Waals surface area contributed by atoms with Gasteiger partial charge in [-0.3, -0.25) is 0 Å². The molecule has 2 aliphatic heterocycles. The molecule has 64 valence electrons. The number of rotatable bonds is 0. The zero-order chi connectivity index (χ0) is 8.55.